The summed E-state index contributed by atoms with van der Waals surface area (Å²) in [6.07, 6.45) is 2.74. The van der Waals surface area contributed by atoms with Gasteiger partial charge in [0.2, 0.25) is 5.91 Å². The Hall–Kier alpha value is -1.47. The molecule has 1 amide bonds. The van der Waals surface area contributed by atoms with E-state index >= 15 is 0 Å². The molecular formula is C14H21N3O3S. The minimum Gasteiger partial charge on any atom is -0.350 e. The molecule has 0 aromatic carbocycles. The molecule has 1 fully saturated rings. The minimum absolute atomic E-state index is 0.0320. The molecule has 1 atom stereocenters. The Bertz CT molecular complexity index is 601. The van der Waals surface area contributed by atoms with Gasteiger partial charge in [0.25, 0.3) is 0 Å². The van der Waals surface area contributed by atoms with Gasteiger partial charge in [-0.15, -0.1) is 0 Å². The lowest BCUT2D eigenvalue weighted by Gasteiger charge is -2.23. The molecule has 7 heteroatoms. The highest BCUT2D eigenvalue weighted by molar-refractivity contribution is 7.91. The Labute approximate surface area is 125 Å². The third kappa shape index (κ3) is 4.78. The molecule has 0 spiro atoms. The second-order valence-corrected chi connectivity index (χ2v) is 7.44. The maximum atomic E-state index is 11.9. The first-order chi connectivity index (χ1) is 10.00. The van der Waals surface area contributed by atoms with E-state index in [9.17, 15) is 13.2 Å². The molecule has 116 valence electrons. The molecule has 2 N–H and O–H groups in total. The van der Waals surface area contributed by atoms with Crippen molar-refractivity contribution in [3.63, 3.8) is 0 Å². The maximum Gasteiger partial charge on any atom is 0.221 e. The van der Waals surface area contributed by atoms with E-state index in [1.54, 1.807) is 6.20 Å². The fraction of sp³-hybridized carbons (Fsp3) is 0.571. The third-order valence-electron chi connectivity index (χ3n) is 3.55. The van der Waals surface area contributed by atoms with Crippen molar-refractivity contribution in [3.05, 3.63) is 29.6 Å². The number of pyridine rings is 1. The van der Waals surface area contributed by atoms with Crippen LogP contribution in [0, 0.1) is 0 Å². The van der Waals surface area contributed by atoms with Crippen molar-refractivity contribution in [3.8, 4) is 0 Å². The molecule has 21 heavy (non-hydrogen) atoms. The highest BCUT2D eigenvalue weighted by Gasteiger charge is 2.25. The number of sulfone groups is 1. The van der Waals surface area contributed by atoms with Gasteiger partial charge in [0, 0.05) is 25.2 Å². The van der Waals surface area contributed by atoms with Crippen molar-refractivity contribution in [1.29, 1.82) is 0 Å². The van der Waals surface area contributed by atoms with Crippen molar-refractivity contribution >= 4 is 15.7 Å². The summed E-state index contributed by atoms with van der Waals surface area (Å²) in [5, 5.41) is 5.88. The van der Waals surface area contributed by atoms with Crippen LogP contribution in [0.3, 0.4) is 0 Å². The van der Waals surface area contributed by atoms with Gasteiger partial charge >= 0.3 is 0 Å². The fourth-order valence-electron chi connectivity index (χ4n) is 2.43. The molecular weight excluding hydrogens is 290 g/mol. The molecule has 0 aliphatic carbocycles. The summed E-state index contributed by atoms with van der Waals surface area (Å²) in [5.41, 5.74) is 1.97. The van der Waals surface area contributed by atoms with Crippen LogP contribution in [-0.4, -0.2) is 43.4 Å². The van der Waals surface area contributed by atoms with Crippen molar-refractivity contribution in [2.75, 3.05) is 18.1 Å². The lowest BCUT2D eigenvalue weighted by Crippen LogP contribution is -2.47. The van der Waals surface area contributed by atoms with Crippen LogP contribution in [0.5, 0.6) is 0 Å². The van der Waals surface area contributed by atoms with Gasteiger partial charge in [0.1, 0.15) is 0 Å². The number of hydrogen-bond acceptors (Lipinski definition) is 5. The Morgan fingerprint density at radius 1 is 1.52 bits per heavy atom. The zero-order valence-electron chi connectivity index (χ0n) is 12.1. The van der Waals surface area contributed by atoms with E-state index in [0.29, 0.717) is 13.1 Å². The average molecular weight is 311 g/mol. The fourth-order valence-corrected chi connectivity index (χ4v) is 3.87. The van der Waals surface area contributed by atoms with Crippen LogP contribution in [0.15, 0.2) is 18.3 Å². The Kier molecular flexibility index (Phi) is 5.30. The molecule has 6 nitrogen and oxygen atoms in total. The van der Waals surface area contributed by atoms with Crippen molar-refractivity contribution in [2.24, 2.45) is 0 Å². The number of aromatic nitrogens is 1. The first-order valence-electron chi connectivity index (χ1n) is 7.13. The Morgan fingerprint density at radius 3 is 3.05 bits per heavy atom. The van der Waals surface area contributed by atoms with Crippen molar-refractivity contribution in [1.82, 2.24) is 15.6 Å². The number of amides is 1. The standard InChI is InChI=1S/C14H21N3O3S/c1-2-11-4-3-5-16-13(11)9-17-14(18)8-12-10-21(19,20)7-6-15-12/h3-5,12,15H,2,6-10H2,1H3,(H,17,18). The smallest absolute Gasteiger partial charge is 0.221 e. The predicted octanol–water partition coefficient (Wildman–Crippen LogP) is 0.0369. The molecule has 1 aromatic rings. The summed E-state index contributed by atoms with van der Waals surface area (Å²) in [5.74, 6) is 0.0284. The summed E-state index contributed by atoms with van der Waals surface area (Å²) in [7, 11) is -3.01. The largest absolute Gasteiger partial charge is 0.350 e. The lowest BCUT2D eigenvalue weighted by atomic mass is 10.1. The van der Waals surface area contributed by atoms with Gasteiger partial charge in [0.15, 0.2) is 9.84 Å². The molecule has 1 unspecified atom stereocenters. The molecule has 1 saturated heterocycles. The molecule has 0 saturated carbocycles. The summed E-state index contributed by atoms with van der Waals surface area (Å²) in [6.45, 7) is 2.84. The topological polar surface area (TPSA) is 88.2 Å². The zero-order valence-corrected chi connectivity index (χ0v) is 12.9. The van der Waals surface area contributed by atoms with Gasteiger partial charge in [-0.05, 0) is 18.1 Å². The Morgan fingerprint density at radius 2 is 2.33 bits per heavy atom. The van der Waals surface area contributed by atoms with E-state index in [-0.39, 0.29) is 29.9 Å². The normalized spacial score (nSPS) is 20.9. The van der Waals surface area contributed by atoms with E-state index in [4.69, 9.17) is 0 Å². The zero-order chi connectivity index (χ0) is 15.3. The number of carbonyl (C=O) groups excluding carboxylic acids is 1. The molecule has 2 rings (SSSR count). The molecule has 1 aliphatic heterocycles. The molecule has 2 heterocycles. The van der Waals surface area contributed by atoms with E-state index in [1.807, 2.05) is 19.1 Å². The van der Waals surface area contributed by atoms with E-state index in [1.165, 1.54) is 0 Å². The van der Waals surface area contributed by atoms with Crippen LogP contribution in [0.1, 0.15) is 24.6 Å². The van der Waals surface area contributed by atoms with E-state index in [2.05, 4.69) is 15.6 Å². The first kappa shape index (κ1) is 15.9. The molecule has 1 aliphatic rings. The SMILES string of the molecule is CCc1cccnc1CNC(=O)CC1CS(=O)(=O)CCN1. The van der Waals surface area contributed by atoms with Gasteiger partial charge in [-0.3, -0.25) is 9.78 Å². The summed E-state index contributed by atoms with van der Waals surface area (Å²) in [6, 6.07) is 3.57. The van der Waals surface area contributed by atoms with Crippen LogP contribution < -0.4 is 10.6 Å². The highest BCUT2D eigenvalue weighted by Crippen LogP contribution is 2.07. The molecule has 1 aromatic heterocycles. The van der Waals surface area contributed by atoms with Crippen LogP contribution in [-0.2, 0) is 27.6 Å². The average Bonchev–Trinajstić information content (AvgIpc) is 2.44. The summed E-state index contributed by atoms with van der Waals surface area (Å²) < 4.78 is 23.0. The van der Waals surface area contributed by atoms with Gasteiger partial charge < -0.3 is 10.6 Å². The minimum atomic E-state index is -3.01. The third-order valence-corrected chi connectivity index (χ3v) is 5.29. The van der Waals surface area contributed by atoms with Crippen LogP contribution in [0.2, 0.25) is 0 Å². The van der Waals surface area contributed by atoms with Crippen molar-refractivity contribution in [2.45, 2.75) is 32.4 Å². The van der Waals surface area contributed by atoms with Gasteiger partial charge in [-0.1, -0.05) is 13.0 Å². The number of rotatable bonds is 5. The number of nitrogens with one attached hydrogen (secondary N) is 2. The second kappa shape index (κ2) is 7.00. The lowest BCUT2D eigenvalue weighted by molar-refractivity contribution is -0.121. The number of hydrogen-bond donors (Lipinski definition) is 2. The first-order valence-corrected chi connectivity index (χ1v) is 8.95. The molecule has 0 radical (unpaired) electrons. The predicted molar refractivity (Wildman–Crippen MR) is 80.5 cm³/mol. The number of aryl methyl sites for hydroxylation is 1. The van der Waals surface area contributed by atoms with Gasteiger partial charge in [0.05, 0.1) is 23.7 Å². The van der Waals surface area contributed by atoms with E-state index in [0.717, 1.165) is 17.7 Å². The van der Waals surface area contributed by atoms with Crippen LogP contribution in [0.25, 0.3) is 0 Å². The maximum absolute atomic E-state index is 11.9. The highest BCUT2D eigenvalue weighted by atomic mass is 32.2. The molecule has 0 bridgehead atoms. The second-order valence-electron chi connectivity index (χ2n) is 5.21. The number of nitrogens with zero attached hydrogens (tertiary/aromatic N) is 1. The van der Waals surface area contributed by atoms with E-state index < -0.39 is 9.84 Å². The van der Waals surface area contributed by atoms with Gasteiger partial charge in [-0.2, -0.15) is 0 Å². The Balaban J connectivity index is 1.85. The van der Waals surface area contributed by atoms with Gasteiger partial charge in [-0.25, -0.2) is 8.42 Å². The van der Waals surface area contributed by atoms with Crippen LogP contribution >= 0.6 is 0 Å². The quantitative estimate of drug-likeness (QED) is 0.801. The monoisotopic (exact) mass is 311 g/mol. The summed E-state index contributed by atoms with van der Waals surface area (Å²) >= 11 is 0. The van der Waals surface area contributed by atoms with Crippen molar-refractivity contribution < 1.29 is 13.2 Å². The summed E-state index contributed by atoms with van der Waals surface area (Å²) in [4.78, 5) is 16.2. The van der Waals surface area contributed by atoms with Crippen LogP contribution in [0.4, 0.5) is 0 Å². The number of carbonyl (C=O) groups is 1.